The number of hydrogen-bond acceptors (Lipinski definition) is 6. The highest BCUT2D eigenvalue weighted by atomic mass is 16.6. The molecule has 0 aromatic heterocycles. The molecule has 178 valence electrons. The van der Waals surface area contributed by atoms with Crippen LogP contribution in [0.1, 0.15) is 46.0 Å². The third kappa shape index (κ3) is 3.99. The molecule has 2 amide bonds. The summed E-state index contributed by atoms with van der Waals surface area (Å²) in [5.41, 5.74) is -1.07. The Kier molecular flexibility index (Phi) is 7.77. The highest BCUT2D eigenvalue weighted by molar-refractivity contribution is 5.98. The minimum atomic E-state index is -1.07. The number of hydrogen-bond donors (Lipinski definition) is 1. The van der Waals surface area contributed by atoms with Crippen molar-refractivity contribution in [2.24, 2.45) is 11.8 Å². The first-order chi connectivity index (χ1) is 15.4. The van der Waals surface area contributed by atoms with Gasteiger partial charge in [0, 0.05) is 13.1 Å². The lowest BCUT2D eigenvalue weighted by atomic mass is 9.70. The first-order valence-corrected chi connectivity index (χ1v) is 11.7. The van der Waals surface area contributed by atoms with E-state index in [0.717, 1.165) is 12.8 Å². The number of aliphatic hydroxyl groups is 1. The van der Waals surface area contributed by atoms with Crippen LogP contribution >= 0.6 is 0 Å². The van der Waals surface area contributed by atoms with E-state index in [4.69, 9.17) is 9.47 Å². The molecule has 3 heterocycles. The Morgan fingerprint density at radius 2 is 2.16 bits per heavy atom. The summed E-state index contributed by atoms with van der Waals surface area (Å²) in [5, 5.41) is 9.87. The molecule has 8 heteroatoms. The van der Waals surface area contributed by atoms with Gasteiger partial charge in [-0.2, -0.15) is 0 Å². The molecule has 3 rings (SSSR count). The largest absolute Gasteiger partial charge is 0.465 e. The third-order valence-electron chi connectivity index (χ3n) is 6.99. The molecule has 0 saturated carbocycles. The van der Waals surface area contributed by atoms with Gasteiger partial charge in [-0.15, -0.1) is 13.2 Å². The summed E-state index contributed by atoms with van der Waals surface area (Å²) >= 11 is 0. The minimum absolute atomic E-state index is 0.197. The highest BCUT2D eigenvalue weighted by Crippen LogP contribution is 2.59. The van der Waals surface area contributed by atoms with Crippen molar-refractivity contribution >= 4 is 17.8 Å². The Bertz CT molecular complexity index is 755. The summed E-state index contributed by atoms with van der Waals surface area (Å²) in [7, 11) is 0. The second kappa shape index (κ2) is 10.2. The van der Waals surface area contributed by atoms with Gasteiger partial charge in [0.05, 0.1) is 37.2 Å². The van der Waals surface area contributed by atoms with Crippen molar-refractivity contribution in [1.82, 2.24) is 9.80 Å². The highest BCUT2D eigenvalue weighted by Gasteiger charge is 2.75. The van der Waals surface area contributed by atoms with Crippen LogP contribution in [-0.2, 0) is 23.9 Å². The molecule has 0 aliphatic carbocycles. The number of amides is 2. The normalized spacial score (nSPS) is 31.3. The molecular formula is C24H36N2O6. The Morgan fingerprint density at radius 3 is 2.78 bits per heavy atom. The maximum absolute atomic E-state index is 13.8. The van der Waals surface area contributed by atoms with Gasteiger partial charge in [-0.1, -0.05) is 25.5 Å². The van der Waals surface area contributed by atoms with Crippen molar-refractivity contribution in [3.63, 3.8) is 0 Å². The van der Waals surface area contributed by atoms with Gasteiger partial charge in [0.25, 0.3) is 0 Å². The summed E-state index contributed by atoms with van der Waals surface area (Å²) in [4.78, 5) is 43.6. The van der Waals surface area contributed by atoms with Crippen LogP contribution in [-0.4, -0.2) is 82.8 Å². The van der Waals surface area contributed by atoms with E-state index in [-0.39, 0.29) is 25.0 Å². The SMILES string of the molecule is C=CCCOC(=O)[C@@H]1[C@@H]2CCC3(O2)C(C(=O)N(CC=C)CCCC)N([C@H](C)CO)C(=O)[C@H]13. The molecule has 32 heavy (non-hydrogen) atoms. The van der Waals surface area contributed by atoms with Crippen LogP contribution in [0.3, 0.4) is 0 Å². The summed E-state index contributed by atoms with van der Waals surface area (Å²) in [6.07, 6.45) is 6.28. The first kappa shape index (κ1) is 24.5. The van der Waals surface area contributed by atoms with E-state index >= 15 is 0 Å². The lowest BCUT2D eigenvalue weighted by Crippen LogP contribution is -2.58. The number of fused-ring (bicyclic) bond motifs is 1. The van der Waals surface area contributed by atoms with Crippen molar-refractivity contribution in [2.45, 2.75) is 69.7 Å². The predicted molar refractivity (Wildman–Crippen MR) is 118 cm³/mol. The van der Waals surface area contributed by atoms with E-state index in [1.165, 1.54) is 4.90 Å². The topological polar surface area (TPSA) is 96.4 Å². The standard InChI is InChI=1S/C24H36N2O6/c1-5-8-13-25(12-7-3)22(29)20-24-11-10-17(32-24)18(23(30)31-14-9-6-2)19(24)21(28)26(20)16(4)15-27/h6-7,16-20,27H,2-3,5,8-15H2,1,4H3/t16-,17+,18-,19+,20?,24?/m1/s1. The summed E-state index contributed by atoms with van der Waals surface area (Å²) in [5.74, 6) is -2.51. The maximum Gasteiger partial charge on any atom is 0.312 e. The summed E-state index contributed by atoms with van der Waals surface area (Å²) in [6, 6.07) is -1.46. The number of carbonyl (C=O) groups is 3. The number of esters is 1. The van der Waals surface area contributed by atoms with Gasteiger partial charge in [0.1, 0.15) is 11.6 Å². The molecular weight excluding hydrogens is 412 g/mol. The maximum atomic E-state index is 13.8. The molecule has 3 aliphatic rings. The van der Waals surface area contributed by atoms with Gasteiger partial charge in [-0.05, 0) is 32.6 Å². The van der Waals surface area contributed by atoms with Crippen molar-refractivity contribution in [3.05, 3.63) is 25.3 Å². The zero-order valence-corrected chi connectivity index (χ0v) is 19.2. The lowest BCUT2D eigenvalue weighted by Gasteiger charge is -2.38. The van der Waals surface area contributed by atoms with Gasteiger partial charge in [0.2, 0.25) is 11.8 Å². The fraction of sp³-hybridized carbons (Fsp3) is 0.708. The number of unbranched alkanes of at least 4 members (excludes halogenated alkanes) is 1. The molecule has 3 aliphatic heterocycles. The molecule has 2 bridgehead atoms. The zero-order chi connectivity index (χ0) is 23.5. The summed E-state index contributed by atoms with van der Waals surface area (Å²) in [6.45, 7) is 12.0. The zero-order valence-electron chi connectivity index (χ0n) is 19.2. The van der Waals surface area contributed by atoms with Crippen molar-refractivity contribution < 1.29 is 29.0 Å². The van der Waals surface area contributed by atoms with E-state index in [9.17, 15) is 19.5 Å². The van der Waals surface area contributed by atoms with Crippen molar-refractivity contribution in [1.29, 1.82) is 0 Å². The molecule has 6 atom stereocenters. The number of rotatable bonds is 12. The molecule has 0 aromatic carbocycles. The van der Waals surface area contributed by atoms with Crippen molar-refractivity contribution in [2.75, 3.05) is 26.3 Å². The molecule has 2 unspecified atom stereocenters. The fourth-order valence-electron chi connectivity index (χ4n) is 5.51. The third-order valence-corrected chi connectivity index (χ3v) is 6.99. The minimum Gasteiger partial charge on any atom is -0.465 e. The van der Waals surface area contributed by atoms with Gasteiger partial charge >= 0.3 is 5.97 Å². The van der Waals surface area contributed by atoms with E-state index in [1.54, 1.807) is 24.0 Å². The van der Waals surface area contributed by atoms with Crippen molar-refractivity contribution in [3.8, 4) is 0 Å². The number of aliphatic hydroxyl groups excluding tert-OH is 1. The quantitative estimate of drug-likeness (QED) is 0.277. The van der Waals surface area contributed by atoms with Gasteiger partial charge < -0.3 is 24.4 Å². The second-order valence-electron chi connectivity index (χ2n) is 9.00. The Balaban J connectivity index is 1.97. The van der Waals surface area contributed by atoms with Crippen LogP contribution in [0.15, 0.2) is 25.3 Å². The average Bonchev–Trinajstić information content (AvgIpc) is 3.43. The predicted octanol–water partition coefficient (Wildman–Crippen LogP) is 1.68. The fourth-order valence-corrected chi connectivity index (χ4v) is 5.51. The van der Waals surface area contributed by atoms with Crippen LogP contribution in [0, 0.1) is 11.8 Å². The second-order valence-corrected chi connectivity index (χ2v) is 9.00. The van der Waals surface area contributed by atoms with Gasteiger partial charge in [-0.3, -0.25) is 14.4 Å². The van der Waals surface area contributed by atoms with Gasteiger partial charge in [-0.25, -0.2) is 0 Å². The van der Waals surface area contributed by atoms with E-state index in [2.05, 4.69) is 20.1 Å². The monoisotopic (exact) mass is 448 g/mol. The number of ether oxygens (including phenoxy) is 2. The molecule has 1 N–H and O–H groups in total. The number of likely N-dealkylation sites (tertiary alicyclic amines) is 1. The van der Waals surface area contributed by atoms with Crippen LogP contribution in [0.5, 0.6) is 0 Å². The molecule has 0 aromatic rings. The van der Waals surface area contributed by atoms with Crippen LogP contribution < -0.4 is 0 Å². The van der Waals surface area contributed by atoms with Crippen LogP contribution in [0.2, 0.25) is 0 Å². The summed E-state index contributed by atoms with van der Waals surface area (Å²) < 4.78 is 11.8. The van der Waals surface area contributed by atoms with E-state index in [0.29, 0.717) is 32.4 Å². The van der Waals surface area contributed by atoms with Crippen LogP contribution in [0.4, 0.5) is 0 Å². The van der Waals surface area contributed by atoms with Gasteiger partial charge in [0.15, 0.2) is 0 Å². The average molecular weight is 449 g/mol. The lowest BCUT2D eigenvalue weighted by molar-refractivity contribution is -0.156. The first-order valence-electron chi connectivity index (χ1n) is 11.7. The van der Waals surface area contributed by atoms with E-state index < -0.39 is 41.6 Å². The molecule has 8 nitrogen and oxygen atoms in total. The van der Waals surface area contributed by atoms with E-state index in [1.807, 2.05) is 0 Å². The molecule has 3 saturated heterocycles. The number of carbonyl (C=O) groups excluding carboxylic acids is 3. The van der Waals surface area contributed by atoms with Crippen LogP contribution in [0.25, 0.3) is 0 Å². The smallest absolute Gasteiger partial charge is 0.312 e. The Hall–Kier alpha value is -2.19. The molecule has 0 radical (unpaired) electrons. The Labute approximate surface area is 190 Å². The molecule has 1 spiro atoms. The number of nitrogens with zero attached hydrogens (tertiary/aromatic N) is 2. The Morgan fingerprint density at radius 1 is 1.41 bits per heavy atom. The molecule has 3 fully saturated rings.